The lowest BCUT2D eigenvalue weighted by molar-refractivity contribution is -0.140. The molecule has 1 N–H and O–H groups in total. The molecule has 0 amide bonds. The van der Waals surface area contributed by atoms with E-state index in [1.54, 1.807) is 6.92 Å². The molecule has 0 saturated carbocycles. The van der Waals surface area contributed by atoms with E-state index < -0.39 is 0 Å². The van der Waals surface area contributed by atoms with E-state index in [-0.39, 0.29) is 25.1 Å². The Morgan fingerprint density at radius 3 is 1.95 bits per heavy atom. The Balaban J connectivity index is 1.47. The topological polar surface area (TPSA) is 46.5 Å². The Kier molecular flexibility index (Phi) is 12.8. The average Bonchev–Trinajstić information content (AvgIpc) is 2.95. The zero-order chi connectivity index (χ0) is 28.0. The van der Waals surface area contributed by atoms with Gasteiger partial charge in [0.15, 0.2) is 0 Å². The first-order valence-electron chi connectivity index (χ1n) is 14.9. The van der Waals surface area contributed by atoms with Crippen LogP contribution in [0.4, 0.5) is 0 Å². The van der Waals surface area contributed by atoms with Crippen molar-refractivity contribution in [1.82, 2.24) is 0 Å². The summed E-state index contributed by atoms with van der Waals surface area (Å²) in [5.74, 6) is 0.145. The quantitative estimate of drug-likeness (QED) is 0.109. The van der Waals surface area contributed by atoms with Crippen LogP contribution in [0.25, 0.3) is 10.8 Å². The number of fused-ring (bicyclic) bond motifs is 1. The first-order chi connectivity index (χ1) is 18.9. The summed E-state index contributed by atoms with van der Waals surface area (Å²) in [4.78, 5) is 11.7. The number of benzene rings is 3. The first-order valence-corrected chi connectivity index (χ1v) is 14.9. The summed E-state index contributed by atoms with van der Waals surface area (Å²) in [6.07, 6.45) is 11.1. The molecule has 3 aromatic carbocycles. The van der Waals surface area contributed by atoms with Crippen LogP contribution in [0, 0.1) is 11.8 Å². The lowest BCUT2D eigenvalue weighted by Gasteiger charge is -2.19. The molecule has 0 heterocycles. The Hall–Kier alpha value is -2.91. The molecule has 0 aliphatic heterocycles. The zero-order valence-electron chi connectivity index (χ0n) is 24.4. The van der Waals surface area contributed by atoms with Gasteiger partial charge >= 0.3 is 5.97 Å². The second-order valence-electron chi connectivity index (χ2n) is 11.3. The maximum Gasteiger partial charge on any atom is 0.333 e. The van der Waals surface area contributed by atoms with Crippen LogP contribution in [0.1, 0.15) is 81.5 Å². The number of rotatable bonds is 17. The maximum absolute atomic E-state index is 11.7. The van der Waals surface area contributed by atoms with Crippen LogP contribution in [0.5, 0.6) is 0 Å². The van der Waals surface area contributed by atoms with Crippen molar-refractivity contribution in [3.05, 3.63) is 95.1 Å². The zero-order valence-corrected chi connectivity index (χ0v) is 24.4. The SMILES string of the molecule is C=C(C)C(=O)OCC(CO)CCC(CC)Cc1ccc(CCc2ccc3cc(CCCCC)ccc3c2)cc1. The van der Waals surface area contributed by atoms with Gasteiger partial charge in [0.1, 0.15) is 0 Å². The average molecular weight is 529 g/mol. The number of ether oxygens (including phenoxy) is 1. The van der Waals surface area contributed by atoms with E-state index in [0.29, 0.717) is 11.5 Å². The van der Waals surface area contributed by atoms with Crippen molar-refractivity contribution in [3.8, 4) is 0 Å². The second kappa shape index (κ2) is 16.3. The van der Waals surface area contributed by atoms with Gasteiger partial charge in [0, 0.05) is 18.1 Å². The summed E-state index contributed by atoms with van der Waals surface area (Å²) < 4.78 is 5.25. The van der Waals surface area contributed by atoms with Gasteiger partial charge in [-0.25, -0.2) is 4.79 Å². The number of aryl methyl sites for hydroxylation is 3. The standard InChI is InChI=1S/C36H48O3/c1-5-7-8-9-30-18-20-35-24-32(19-21-34(35)23-30)16-13-29-11-14-31(15-12-29)22-28(6-2)10-17-33(25-37)26-39-36(38)27(3)4/h11-12,14-15,18-21,23-24,28,33,37H,3,5-10,13,16-17,22,25-26H2,1-2,4H3. The third-order valence-corrected chi connectivity index (χ3v) is 7.91. The Morgan fingerprint density at radius 2 is 1.36 bits per heavy atom. The smallest absolute Gasteiger partial charge is 0.333 e. The molecule has 39 heavy (non-hydrogen) atoms. The van der Waals surface area contributed by atoms with Crippen LogP contribution in [0.3, 0.4) is 0 Å². The second-order valence-corrected chi connectivity index (χ2v) is 11.3. The highest BCUT2D eigenvalue weighted by molar-refractivity contribution is 5.87. The summed E-state index contributed by atoms with van der Waals surface area (Å²) in [7, 11) is 0. The molecule has 3 aromatic rings. The van der Waals surface area contributed by atoms with E-state index in [9.17, 15) is 9.90 Å². The molecule has 2 unspecified atom stereocenters. The monoisotopic (exact) mass is 528 g/mol. The van der Waals surface area contributed by atoms with Crippen molar-refractivity contribution < 1.29 is 14.6 Å². The highest BCUT2D eigenvalue weighted by atomic mass is 16.5. The predicted molar refractivity (Wildman–Crippen MR) is 164 cm³/mol. The molecule has 0 aliphatic rings. The summed E-state index contributed by atoms with van der Waals surface area (Å²) in [6, 6.07) is 23.0. The molecular formula is C36H48O3. The molecule has 3 rings (SSSR count). The molecule has 0 bridgehead atoms. The van der Waals surface area contributed by atoms with E-state index >= 15 is 0 Å². The van der Waals surface area contributed by atoms with Crippen molar-refractivity contribution in [1.29, 1.82) is 0 Å². The van der Waals surface area contributed by atoms with E-state index in [1.807, 2.05) is 0 Å². The summed E-state index contributed by atoms with van der Waals surface area (Å²) >= 11 is 0. The van der Waals surface area contributed by atoms with Gasteiger partial charge in [-0.05, 0) is 90.8 Å². The van der Waals surface area contributed by atoms with Gasteiger partial charge in [-0.1, -0.05) is 100 Å². The van der Waals surface area contributed by atoms with Crippen molar-refractivity contribution in [3.63, 3.8) is 0 Å². The fourth-order valence-corrected chi connectivity index (χ4v) is 5.16. The van der Waals surface area contributed by atoms with Crippen LogP contribution in [-0.4, -0.2) is 24.3 Å². The number of hydrogen-bond acceptors (Lipinski definition) is 3. The number of aliphatic hydroxyl groups is 1. The number of aliphatic hydroxyl groups excluding tert-OH is 1. The Bertz CT molecular complexity index is 1180. The fraction of sp³-hybridized carbons (Fsp3) is 0.472. The lowest BCUT2D eigenvalue weighted by atomic mass is 9.89. The van der Waals surface area contributed by atoms with Gasteiger partial charge in [0.05, 0.1) is 6.61 Å². The lowest BCUT2D eigenvalue weighted by Crippen LogP contribution is -2.19. The molecule has 3 heteroatoms. The molecule has 3 nitrogen and oxygen atoms in total. The third kappa shape index (κ3) is 10.3. The van der Waals surface area contributed by atoms with Crippen molar-refractivity contribution in [2.45, 2.75) is 85.0 Å². The number of esters is 1. The highest BCUT2D eigenvalue weighted by Crippen LogP contribution is 2.23. The van der Waals surface area contributed by atoms with Crippen molar-refractivity contribution >= 4 is 16.7 Å². The molecule has 2 atom stereocenters. The van der Waals surface area contributed by atoms with Gasteiger partial charge in [-0.2, -0.15) is 0 Å². The van der Waals surface area contributed by atoms with Gasteiger partial charge < -0.3 is 9.84 Å². The first kappa shape index (κ1) is 30.6. The van der Waals surface area contributed by atoms with Crippen molar-refractivity contribution in [2.75, 3.05) is 13.2 Å². The van der Waals surface area contributed by atoms with Crippen LogP contribution in [-0.2, 0) is 35.2 Å². The summed E-state index contributed by atoms with van der Waals surface area (Å²) in [5, 5.41) is 12.4. The van der Waals surface area contributed by atoms with E-state index in [2.05, 4.69) is 81.1 Å². The number of unbranched alkanes of at least 4 members (excludes halogenated alkanes) is 2. The van der Waals surface area contributed by atoms with Crippen molar-refractivity contribution in [2.24, 2.45) is 11.8 Å². The maximum atomic E-state index is 11.7. The molecule has 0 saturated heterocycles. The number of carbonyl (C=O) groups excluding carboxylic acids is 1. The Labute approximate surface area is 236 Å². The van der Waals surface area contributed by atoms with Crippen LogP contribution in [0.2, 0.25) is 0 Å². The Morgan fingerprint density at radius 1 is 0.795 bits per heavy atom. The summed E-state index contributed by atoms with van der Waals surface area (Å²) in [5.41, 5.74) is 5.97. The molecule has 0 fully saturated rings. The highest BCUT2D eigenvalue weighted by Gasteiger charge is 2.15. The fourth-order valence-electron chi connectivity index (χ4n) is 5.16. The van der Waals surface area contributed by atoms with Gasteiger partial charge in [0.25, 0.3) is 0 Å². The molecular weight excluding hydrogens is 480 g/mol. The molecule has 210 valence electrons. The molecule has 0 radical (unpaired) electrons. The minimum Gasteiger partial charge on any atom is -0.462 e. The van der Waals surface area contributed by atoms with Crippen LogP contribution in [0.15, 0.2) is 72.8 Å². The minimum atomic E-state index is -0.382. The van der Waals surface area contributed by atoms with E-state index in [0.717, 1.165) is 38.5 Å². The van der Waals surface area contributed by atoms with E-state index in [1.165, 1.54) is 58.7 Å². The largest absolute Gasteiger partial charge is 0.462 e. The molecule has 0 aliphatic carbocycles. The van der Waals surface area contributed by atoms with Crippen LogP contribution < -0.4 is 0 Å². The molecule has 0 spiro atoms. The van der Waals surface area contributed by atoms with Gasteiger partial charge in [0.2, 0.25) is 0 Å². The van der Waals surface area contributed by atoms with Gasteiger partial charge in [-0.3, -0.25) is 0 Å². The predicted octanol–water partition coefficient (Wildman–Crippen LogP) is 8.43. The van der Waals surface area contributed by atoms with Crippen LogP contribution >= 0.6 is 0 Å². The van der Waals surface area contributed by atoms with E-state index in [4.69, 9.17) is 4.74 Å². The van der Waals surface area contributed by atoms with Gasteiger partial charge in [-0.15, -0.1) is 0 Å². The number of hydrogen-bond donors (Lipinski definition) is 1. The number of carbonyl (C=O) groups is 1. The third-order valence-electron chi connectivity index (χ3n) is 7.91. The normalized spacial score (nSPS) is 12.8. The summed E-state index contributed by atoms with van der Waals surface area (Å²) in [6.45, 7) is 10.0. The minimum absolute atomic E-state index is 0.0207. The molecule has 0 aromatic heterocycles.